The maximum Gasteiger partial charge on any atom is 0.107 e. The fourth-order valence-electron chi connectivity index (χ4n) is 1.17. The van der Waals surface area contributed by atoms with Crippen LogP contribution < -0.4 is 5.32 Å². The molecule has 1 N–H and O–H groups in total. The fraction of sp³-hybridized carbons (Fsp3) is 0.727. The van der Waals surface area contributed by atoms with E-state index in [1.54, 1.807) is 18.4 Å². The number of thiazole rings is 1. The normalized spacial score (nSPS) is 12.0. The molecule has 0 saturated heterocycles. The van der Waals surface area contributed by atoms with Gasteiger partial charge in [0.1, 0.15) is 5.01 Å². The van der Waals surface area contributed by atoms with Gasteiger partial charge in [-0.1, -0.05) is 0 Å². The van der Waals surface area contributed by atoms with E-state index in [0.717, 1.165) is 30.2 Å². The summed E-state index contributed by atoms with van der Waals surface area (Å²) >= 11 is 1.71. The highest BCUT2D eigenvalue weighted by Gasteiger charge is 2.14. The molecule has 4 heteroatoms. The standard InChI is InChI=1S/C11H20N2OS/c1-9-8-15-10(13-9)7-12-6-5-11(2,3)14-4/h8,12H,5-7H2,1-4H3. The van der Waals surface area contributed by atoms with E-state index >= 15 is 0 Å². The molecule has 1 heterocycles. The topological polar surface area (TPSA) is 34.1 Å². The van der Waals surface area contributed by atoms with Crippen LogP contribution in [0.2, 0.25) is 0 Å². The van der Waals surface area contributed by atoms with E-state index in [1.807, 2.05) is 6.92 Å². The van der Waals surface area contributed by atoms with Crippen LogP contribution in [-0.2, 0) is 11.3 Å². The first-order valence-electron chi connectivity index (χ1n) is 5.20. The minimum absolute atomic E-state index is 0.0359. The van der Waals surface area contributed by atoms with Crippen molar-refractivity contribution < 1.29 is 4.74 Å². The highest BCUT2D eigenvalue weighted by atomic mass is 32.1. The van der Waals surface area contributed by atoms with Crippen molar-refractivity contribution in [1.29, 1.82) is 0 Å². The van der Waals surface area contributed by atoms with Gasteiger partial charge in [0.15, 0.2) is 0 Å². The Morgan fingerprint density at radius 2 is 2.27 bits per heavy atom. The second kappa shape index (κ2) is 5.58. The molecule has 0 fully saturated rings. The molecule has 1 aromatic rings. The maximum absolute atomic E-state index is 5.34. The lowest BCUT2D eigenvalue weighted by Crippen LogP contribution is -2.28. The van der Waals surface area contributed by atoms with Crippen LogP contribution in [0.5, 0.6) is 0 Å². The van der Waals surface area contributed by atoms with Gasteiger partial charge in [0.2, 0.25) is 0 Å². The Hall–Kier alpha value is -0.450. The third kappa shape index (κ3) is 4.73. The van der Waals surface area contributed by atoms with E-state index in [0.29, 0.717) is 0 Å². The highest BCUT2D eigenvalue weighted by molar-refractivity contribution is 7.09. The van der Waals surface area contributed by atoms with Gasteiger partial charge < -0.3 is 10.1 Å². The molecule has 0 bridgehead atoms. The van der Waals surface area contributed by atoms with Gasteiger partial charge in [-0.15, -0.1) is 11.3 Å². The van der Waals surface area contributed by atoms with Crippen LogP contribution in [0.4, 0.5) is 0 Å². The van der Waals surface area contributed by atoms with Crippen molar-refractivity contribution >= 4 is 11.3 Å². The zero-order chi connectivity index (χ0) is 11.3. The number of rotatable bonds is 6. The van der Waals surface area contributed by atoms with Crippen molar-refractivity contribution in [2.75, 3.05) is 13.7 Å². The smallest absolute Gasteiger partial charge is 0.107 e. The lowest BCUT2D eigenvalue weighted by atomic mass is 10.1. The molecular weight excluding hydrogens is 208 g/mol. The van der Waals surface area contributed by atoms with Gasteiger partial charge in [0.05, 0.1) is 5.60 Å². The van der Waals surface area contributed by atoms with Gasteiger partial charge in [-0.3, -0.25) is 0 Å². The van der Waals surface area contributed by atoms with Gasteiger partial charge in [-0.25, -0.2) is 4.98 Å². The molecule has 86 valence electrons. The summed E-state index contributed by atoms with van der Waals surface area (Å²) in [5.41, 5.74) is 1.07. The zero-order valence-electron chi connectivity index (χ0n) is 9.96. The lowest BCUT2D eigenvalue weighted by Gasteiger charge is -2.22. The Kier molecular flexibility index (Phi) is 4.70. The summed E-state index contributed by atoms with van der Waals surface area (Å²) < 4.78 is 5.34. The van der Waals surface area contributed by atoms with Gasteiger partial charge in [0.25, 0.3) is 0 Å². The van der Waals surface area contributed by atoms with Crippen molar-refractivity contribution in [3.63, 3.8) is 0 Å². The Bertz CT molecular complexity index is 297. The minimum Gasteiger partial charge on any atom is -0.379 e. The average Bonchev–Trinajstić information content (AvgIpc) is 2.59. The van der Waals surface area contributed by atoms with E-state index < -0.39 is 0 Å². The second-order valence-corrected chi connectivity index (χ2v) is 5.22. The van der Waals surface area contributed by atoms with Crippen molar-refractivity contribution in [1.82, 2.24) is 10.3 Å². The predicted octanol–water partition coefficient (Wildman–Crippen LogP) is 2.36. The second-order valence-electron chi connectivity index (χ2n) is 4.27. The van der Waals surface area contributed by atoms with E-state index in [-0.39, 0.29) is 5.60 Å². The van der Waals surface area contributed by atoms with Gasteiger partial charge in [-0.05, 0) is 33.7 Å². The molecule has 0 unspecified atom stereocenters. The fourth-order valence-corrected chi connectivity index (χ4v) is 1.91. The molecule has 0 spiro atoms. The van der Waals surface area contributed by atoms with Crippen LogP contribution in [0.15, 0.2) is 5.38 Å². The molecule has 0 radical (unpaired) electrons. The quantitative estimate of drug-likeness (QED) is 0.759. The van der Waals surface area contributed by atoms with E-state index in [9.17, 15) is 0 Å². The molecule has 3 nitrogen and oxygen atoms in total. The van der Waals surface area contributed by atoms with Crippen molar-refractivity contribution in [2.45, 2.75) is 39.3 Å². The first-order valence-corrected chi connectivity index (χ1v) is 6.08. The number of ether oxygens (including phenoxy) is 1. The monoisotopic (exact) mass is 228 g/mol. The minimum atomic E-state index is -0.0359. The summed E-state index contributed by atoms with van der Waals surface area (Å²) in [4.78, 5) is 4.39. The first kappa shape index (κ1) is 12.6. The summed E-state index contributed by atoms with van der Waals surface area (Å²) in [7, 11) is 1.75. The van der Waals surface area contributed by atoms with Gasteiger partial charge >= 0.3 is 0 Å². The van der Waals surface area contributed by atoms with Crippen LogP contribution >= 0.6 is 11.3 Å². The molecule has 0 aliphatic carbocycles. The number of hydrogen-bond donors (Lipinski definition) is 1. The summed E-state index contributed by atoms with van der Waals surface area (Å²) in [5, 5.41) is 6.61. The number of aromatic nitrogens is 1. The van der Waals surface area contributed by atoms with E-state index in [4.69, 9.17) is 4.74 Å². The Labute approximate surface area is 95.9 Å². The maximum atomic E-state index is 5.34. The Morgan fingerprint density at radius 1 is 1.53 bits per heavy atom. The summed E-state index contributed by atoms with van der Waals surface area (Å²) in [6, 6.07) is 0. The largest absolute Gasteiger partial charge is 0.379 e. The third-order valence-corrected chi connectivity index (χ3v) is 3.37. The molecule has 1 rings (SSSR count). The molecule has 0 aromatic carbocycles. The van der Waals surface area contributed by atoms with Crippen LogP contribution in [0.25, 0.3) is 0 Å². The van der Waals surface area contributed by atoms with Gasteiger partial charge in [0, 0.05) is 24.7 Å². The lowest BCUT2D eigenvalue weighted by molar-refractivity contribution is 0.0158. The zero-order valence-corrected chi connectivity index (χ0v) is 10.8. The average molecular weight is 228 g/mol. The molecule has 15 heavy (non-hydrogen) atoms. The third-order valence-electron chi connectivity index (χ3n) is 2.40. The SMILES string of the molecule is COC(C)(C)CCNCc1nc(C)cs1. The number of nitrogens with one attached hydrogen (secondary N) is 1. The van der Waals surface area contributed by atoms with Crippen LogP contribution in [-0.4, -0.2) is 24.2 Å². The molecule has 0 aliphatic heterocycles. The molecular formula is C11H20N2OS. The first-order chi connectivity index (χ1) is 7.03. The van der Waals surface area contributed by atoms with E-state index in [2.05, 4.69) is 29.5 Å². The van der Waals surface area contributed by atoms with Crippen molar-refractivity contribution in [3.05, 3.63) is 16.1 Å². The van der Waals surface area contributed by atoms with Gasteiger partial charge in [-0.2, -0.15) is 0 Å². The van der Waals surface area contributed by atoms with Crippen molar-refractivity contribution in [2.24, 2.45) is 0 Å². The molecule has 0 aliphatic rings. The molecule has 0 saturated carbocycles. The highest BCUT2D eigenvalue weighted by Crippen LogP contribution is 2.12. The number of nitrogens with zero attached hydrogens (tertiary/aromatic N) is 1. The number of aryl methyl sites for hydroxylation is 1. The van der Waals surface area contributed by atoms with E-state index in [1.165, 1.54) is 0 Å². The Balaban J connectivity index is 2.17. The van der Waals surface area contributed by atoms with Crippen LogP contribution in [0.1, 0.15) is 31.0 Å². The number of methoxy groups -OCH3 is 1. The summed E-state index contributed by atoms with van der Waals surface area (Å²) in [5.74, 6) is 0. The molecule has 1 aromatic heterocycles. The summed E-state index contributed by atoms with van der Waals surface area (Å²) in [6.45, 7) is 8.04. The van der Waals surface area contributed by atoms with Crippen LogP contribution in [0, 0.1) is 6.92 Å². The molecule has 0 atom stereocenters. The predicted molar refractivity (Wildman–Crippen MR) is 64.3 cm³/mol. The Morgan fingerprint density at radius 3 is 2.80 bits per heavy atom. The molecule has 0 amide bonds. The summed E-state index contributed by atoms with van der Waals surface area (Å²) in [6.07, 6.45) is 1.01. The van der Waals surface area contributed by atoms with Crippen molar-refractivity contribution in [3.8, 4) is 0 Å². The van der Waals surface area contributed by atoms with Crippen LogP contribution in [0.3, 0.4) is 0 Å². The number of hydrogen-bond acceptors (Lipinski definition) is 4.